The molecule has 0 atom stereocenters. The third kappa shape index (κ3) is 2.66. The summed E-state index contributed by atoms with van der Waals surface area (Å²) in [6, 6.07) is 10.0. The maximum Gasteiger partial charge on any atom is 0.251 e. The van der Waals surface area contributed by atoms with E-state index >= 15 is 0 Å². The van der Waals surface area contributed by atoms with Gasteiger partial charge in [0.1, 0.15) is 10.8 Å². The number of pyridine rings is 1. The maximum absolute atomic E-state index is 12.3. The number of fused-ring (bicyclic) bond motifs is 3. The summed E-state index contributed by atoms with van der Waals surface area (Å²) in [6.07, 6.45) is 3.36. The van der Waals surface area contributed by atoms with E-state index in [0.29, 0.717) is 17.6 Å². The van der Waals surface area contributed by atoms with Crippen molar-refractivity contribution in [3.05, 3.63) is 46.6 Å². The molecule has 0 spiro atoms. The summed E-state index contributed by atoms with van der Waals surface area (Å²) < 4.78 is 4.38. The molecule has 1 aromatic carbocycles. The van der Waals surface area contributed by atoms with Gasteiger partial charge in [0.2, 0.25) is 0 Å². The molecule has 0 saturated heterocycles. The Morgan fingerprint density at radius 1 is 1.21 bits per heavy atom. The molecule has 3 aromatic heterocycles. The molecule has 0 radical (unpaired) electrons. The van der Waals surface area contributed by atoms with Crippen molar-refractivity contribution >= 4 is 39.6 Å². The first-order valence-corrected chi connectivity index (χ1v) is 10.4. The van der Waals surface area contributed by atoms with Crippen molar-refractivity contribution in [1.82, 2.24) is 24.4 Å². The summed E-state index contributed by atoms with van der Waals surface area (Å²) in [6.45, 7) is 1.61. The van der Waals surface area contributed by atoms with Crippen molar-refractivity contribution < 1.29 is 4.79 Å². The lowest BCUT2D eigenvalue weighted by atomic mass is 9.99. The fourth-order valence-corrected chi connectivity index (χ4v) is 4.51. The predicted molar refractivity (Wildman–Crippen MR) is 113 cm³/mol. The molecule has 6 nitrogen and oxygen atoms in total. The van der Waals surface area contributed by atoms with E-state index in [2.05, 4.69) is 31.6 Å². The Morgan fingerprint density at radius 2 is 2.07 bits per heavy atom. The zero-order valence-corrected chi connectivity index (χ0v) is 16.8. The molecule has 4 aromatic rings. The number of carbonyl (C=O) groups excluding carboxylic acids is 1. The number of hydrogen-bond donors (Lipinski definition) is 1. The summed E-state index contributed by atoms with van der Waals surface area (Å²) in [5.41, 5.74) is 5.66. The van der Waals surface area contributed by atoms with Crippen molar-refractivity contribution in [3.63, 3.8) is 0 Å². The number of nitrogens with zero attached hydrogens (tertiary/aromatic N) is 4. The minimum atomic E-state index is -0.0120. The summed E-state index contributed by atoms with van der Waals surface area (Å²) in [5, 5.41) is 4.49. The van der Waals surface area contributed by atoms with Crippen molar-refractivity contribution in [2.75, 3.05) is 6.54 Å². The van der Waals surface area contributed by atoms with Crippen LogP contribution in [0.3, 0.4) is 0 Å². The molecule has 146 valence electrons. The van der Waals surface area contributed by atoms with Crippen LogP contribution in [-0.2, 0) is 20.0 Å². The predicted octanol–water partition coefficient (Wildman–Crippen LogP) is 3.94. The molecule has 4 heterocycles. The van der Waals surface area contributed by atoms with Crippen molar-refractivity contribution in [3.8, 4) is 11.5 Å². The number of nitrogens with one attached hydrogen (secondary N) is 1. The molecule has 7 heteroatoms. The van der Waals surface area contributed by atoms with Crippen LogP contribution >= 0.6 is 11.6 Å². The summed E-state index contributed by atoms with van der Waals surface area (Å²) in [5.74, 6) is 1.57. The maximum atomic E-state index is 12.3. The summed E-state index contributed by atoms with van der Waals surface area (Å²) >= 11 is 6.20. The van der Waals surface area contributed by atoms with Gasteiger partial charge in [0.25, 0.3) is 5.91 Å². The number of carbonyl (C=O) groups is 1. The van der Waals surface area contributed by atoms with Crippen LogP contribution in [0.4, 0.5) is 0 Å². The Morgan fingerprint density at radius 3 is 2.90 bits per heavy atom. The molecule has 1 aliphatic carbocycles. The Bertz CT molecular complexity index is 1310. The first-order chi connectivity index (χ1) is 14.1. The van der Waals surface area contributed by atoms with E-state index in [-0.39, 0.29) is 5.91 Å². The van der Waals surface area contributed by atoms with E-state index in [1.54, 1.807) is 0 Å². The molecule has 1 aliphatic heterocycles. The van der Waals surface area contributed by atoms with Crippen LogP contribution in [0.1, 0.15) is 28.8 Å². The highest BCUT2D eigenvalue weighted by molar-refractivity contribution is 6.29. The van der Waals surface area contributed by atoms with Gasteiger partial charge in [-0.2, -0.15) is 0 Å². The number of rotatable bonds is 3. The van der Waals surface area contributed by atoms with Gasteiger partial charge in [0, 0.05) is 31.1 Å². The zero-order valence-electron chi connectivity index (χ0n) is 16.1. The van der Waals surface area contributed by atoms with E-state index in [4.69, 9.17) is 16.6 Å². The number of amides is 1. The third-order valence-electron chi connectivity index (χ3n) is 6.11. The van der Waals surface area contributed by atoms with Crippen LogP contribution < -0.4 is 5.32 Å². The number of hydrogen-bond acceptors (Lipinski definition) is 3. The fraction of sp³-hybridized carbons (Fsp3) is 0.318. The fourth-order valence-electron chi connectivity index (χ4n) is 4.37. The first-order valence-electron chi connectivity index (χ1n) is 10.0. The van der Waals surface area contributed by atoms with Gasteiger partial charge in [-0.25, -0.2) is 9.97 Å². The molecule has 6 rings (SSSR count). The van der Waals surface area contributed by atoms with Gasteiger partial charge in [-0.3, -0.25) is 4.79 Å². The second-order valence-electron chi connectivity index (χ2n) is 8.13. The van der Waals surface area contributed by atoms with Crippen molar-refractivity contribution in [2.24, 2.45) is 13.0 Å². The Hall–Kier alpha value is -2.86. The number of aromatic nitrogens is 4. The second-order valence-corrected chi connectivity index (χ2v) is 8.52. The first kappa shape index (κ1) is 17.0. The van der Waals surface area contributed by atoms with Gasteiger partial charge in [-0.15, -0.1) is 0 Å². The van der Waals surface area contributed by atoms with Gasteiger partial charge in [-0.1, -0.05) is 11.6 Å². The topological polar surface area (TPSA) is 64.7 Å². The van der Waals surface area contributed by atoms with Gasteiger partial charge in [0.15, 0.2) is 5.82 Å². The van der Waals surface area contributed by atoms with Crippen LogP contribution in [0.25, 0.3) is 33.6 Å². The molecular formula is C22H20ClN5O. The second kappa shape index (κ2) is 6.07. The van der Waals surface area contributed by atoms with Crippen molar-refractivity contribution in [2.45, 2.75) is 25.8 Å². The van der Waals surface area contributed by atoms with Crippen LogP contribution in [0.15, 0.2) is 30.3 Å². The molecule has 1 saturated carbocycles. The Labute approximate surface area is 172 Å². The minimum Gasteiger partial charge on any atom is -0.352 e. The molecule has 0 unspecified atom stereocenters. The van der Waals surface area contributed by atoms with E-state index in [0.717, 1.165) is 57.7 Å². The van der Waals surface area contributed by atoms with Gasteiger partial charge < -0.3 is 14.5 Å². The zero-order chi connectivity index (χ0) is 19.7. The third-order valence-corrected chi connectivity index (χ3v) is 6.32. The van der Waals surface area contributed by atoms with Crippen LogP contribution in [0.2, 0.25) is 5.15 Å². The monoisotopic (exact) mass is 405 g/mol. The van der Waals surface area contributed by atoms with E-state index in [1.807, 2.05) is 25.2 Å². The number of benzene rings is 1. The van der Waals surface area contributed by atoms with Crippen LogP contribution in [0, 0.1) is 5.92 Å². The lowest BCUT2D eigenvalue weighted by Gasteiger charge is -2.16. The molecule has 2 aliphatic rings. The minimum absolute atomic E-state index is 0.0120. The lowest BCUT2D eigenvalue weighted by Crippen LogP contribution is -2.31. The normalized spacial score (nSPS) is 16.4. The highest BCUT2D eigenvalue weighted by atomic mass is 35.5. The van der Waals surface area contributed by atoms with E-state index in [1.165, 1.54) is 12.8 Å². The smallest absolute Gasteiger partial charge is 0.251 e. The molecule has 1 amide bonds. The average Bonchev–Trinajstić information content (AvgIpc) is 3.39. The molecular weight excluding hydrogens is 386 g/mol. The van der Waals surface area contributed by atoms with Gasteiger partial charge >= 0.3 is 0 Å². The standard InChI is InChI=1S/C22H20ClN5O/c1-27-17-8-13-6-7-24-22(29)15(13)10-16(17)25-21(27)18-9-14-4-5-19(23)26-20(14)28(18)11-12-2-3-12/h4-5,8-10,12H,2-3,6-7,11H2,1H3,(H,24,29). The highest BCUT2D eigenvalue weighted by Crippen LogP contribution is 2.36. The Balaban J connectivity index is 1.59. The van der Waals surface area contributed by atoms with Gasteiger partial charge in [0.05, 0.1) is 16.7 Å². The quantitative estimate of drug-likeness (QED) is 0.525. The average molecular weight is 406 g/mol. The summed E-state index contributed by atoms with van der Waals surface area (Å²) in [4.78, 5) is 21.8. The number of aryl methyl sites for hydroxylation is 1. The molecule has 29 heavy (non-hydrogen) atoms. The van der Waals surface area contributed by atoms with Crippen LogP contribution in [0.5, 0.6) is 0 Å². The molecule has 1 fully saturated rings. The molecule has 0 bridgehead atoms. The van der Waals surface area contributed by atoms with E-state index in [9.17, 15) is 4.79 Å². The Kier molecular flexibility index (Phi) is 3.56. The van der Waals surface area contributed by atoms with E-state index < -0.39 is 0 Å². The number of halogens is 1. The largest absolute Gasteiger partial charge is 0.352 e. The highest BCUT2D eigenvalue weighted by Gasteiger charge is 2.26. The van der Waals surface area contributed by atoms with Crippen LogP contribution in [-0.4, -0.2) is 31.6 Å². The number of imidazole rings is 1. The van der Waals surface area contributed by atoms with Crippen molar-refractivity contribution in [1.29, 1.82) is 0 Å². The lowest BCUT2D eigenvalue weighted by molar-refractivity contribution is 0.0946. The molecule has 1 N–H and O–H groups in total. The SMILES string of the molecule is Cn1c(-c2cc3ccc(Cl)nc3n2CC2CC2)nc2cc3c(cc21)CCNC3=O. The van der Waals surface area contributed by atoms with Gasteiger partial charge in [-0.05, 0) is 61.1 Å². The summed E-state index contributed by atoms with van der Waals surface area (Å²) in [7, 11) is 2.04.